The van der Waals surface area contributed by atoms with Crippen molar-refractivity contribution in [2.24, 2.45) is 5.92 Å². The topological polar surface area (TPSA) is 38.3 Å². The van der Waals surface area contributed by atoms with E-state index >= 15 is 0 Å². The average Bonchev–Trinajstić information content (AvgIpc) is 2.65. The summed E-state index contributed by atoms with van der Waals surface area (Å²) in [6.07, 6.45) is 2.49. The van der Waals surface area contributed by atoms with Crippen molar-refractivity contribution in [3.05, 3.63) is 12.7 Å². The molecule has 0 bridgehead atoms. The van der Waals surface area contributed by atoms with Gasteiger partial charge in [-0.25, -0.2) is 4.79 Å². The second-order valence-electron chi connectivity index (χ2n) is 3.34. The van der Waals surface area contributed by atoms with Gasteiger partial charge < -0.3 is 10.1 Å². The average molecular weight is 169 g/mol. The number of alkyl carbamates (subject to hydrolysis) is 1. The van der Waals surface area contributed by atoms with Crippen LogP contribution < -0.4 is 5.32 Å². The molecule has 0 aromatic rings. The monoisotopic (exact) mass is 169 g/mol. The third-order valence-corrected chi connectivity index (χ3v) is 1.79. The standard InChI is InChI=1S/C9H15NO2/c1-4-7-5-8(7)10-9(11)12-6(2)3/h4,6-8H,1,5H2,2-3H3,(H,10,11)/t7-,8-/m0/s1. The lowest BCUT2D eigenvalue weighted by Crippen LogP contribution is -2.29. The summed E-state index contributed by atoms with van der Waals surface area (Å²) < 4.78 is 4.91. The van der Waals surface area contributed by atoms with Crippen LogP contribution in [0.5, 0.6) is 0 Å². The second-order valence-corrected chi connectivity index (χ2v) is 3.34. The molecule has 0 heterocycles. The number of carbonyl (C=O) groups excluding carboxylic acids is 1. The molecule has 68 valence electrons. The molecule has 1 amide bonds. The minimum Gasteiger partial charge on any atom is -0.447 e. The van der Waals surface area contributed by atoms with E-state index in [0.717, 1.165) is 6.42 Å². The zero-order valence-electron chi connectivity index (χ0n) is 7.54. The highest BCUT2D eigenvalue weighted by Crippen LogP contribution is 2.30. The summed E-state index contributed by atoms with van der Waals surface area (Å²) in [6.45, 7) is 7.31. The van der Waals surface area contributed by atoms with Crippen LogP contribution in [0.3, 0.4) is 0 Å². The van der Waals surface area contributed by atoms with Crippen molar-refractivity contribution in [3.8, 4) is 0 Å². The zero-order valence-corrected chi connectivity index (χ0v) is 7.54. The van der Waals surface area contributed by atoms with E-state index in [1.807, 2.05) is 19.9 Å². The van der Waals surface area contributed by atoms with E-state index in [0.29, 0.717) is 5.92 Å². The maximum absolute atomic E-state index is 11.0. The van der Waals surface area contributed by atoms with Gasteiger partial charge in [0.25, 0.3) is 0 Å². The van der Waals surface area contributed by atoms with Crippen molar-refractivity contribution in [2.45, 2.75) is 32.4 Å². The minimum atomic E-state index is -0.320. The Morgan fingerprint density at radius 3 is 2.83 bits per heavy atom. The van der Waals surface area contributed by atoms with Gasteiger partial charge in [-0.3, -0.25) is 0 Å². The van der Waals surface area contributed by atoms with Gasteiger partial charge in [0.2, 0.25) is 0 Å². The fourth-order valence-electron chi connectivity index (χ4n) is 1.04. The Bertz CT molecular complexity index is 189. The van der Waals surface area contributed by atoms with Crippen molar-refractivity contribution in [1.82, 2.24) is 5.32 Å². The van der Waals surface area contributed by atoms with E-state index in [-0.39, 0.29) is 18.2 Å². The third kappa shape index (κ3) is 2.57. The normalized spacial score (nSPS) is 26.6. The summed E-state index contributed by atoms with van der Waals surface area (Å²) in [5.74, 6) is 0.449. The molecule has 2 atom stereocenters. The van der Waals surface area contributed by atoms with Crippen LogP contribution in [0.15, 0.2) is 12.7 Å². The summed E-state index contributed by atoms with van der Waals surface area (Å²) in [5, 5.41) is 2.75. The Labute approximate surface area is 72.8 Å². The molecule has 1 N–H and O–H groups in total. The van der Waals surface area contributed by atoms with E-state index in [1.165, 1.54) is 0 Å². The first-order valence-electron chi connectivity index (χ1n) is 4.23. The maximum atomic E-state index is 11.0. The predicted octanol–water partition coefficient (Wildman–Crippen LogP) is 1.70. The van der Waals surface area contributed by atoms with E-state index < -0.39 is 0 Å². The van der Waals surface area contributed by atoms with Crippen molar-refractivity contribution in [1.29, 1.82) is 0 Å². The van der Waals surface area contributed by atoms with Crippen molar-refractivity contribution >= 4 is 6.09 Å². The van der Waals surface area contributed by atoms with Crippen LogP contribution in [0.25, 0.3) is 0 Å². The van der Waals surface area contributed by atoms with Crippen molar-refractivity contribution in [3.63, 3.8) is 0 Å². The lowest BCUT2D eigenvalue weighted by atomic mass is 10.4. The SMILES string of the molecule is C=C[C@H]1C[C@@H]1NC(=O)OC(C)C. The molecule has 0 aromatic carbocycles. The lowest BCUT2D eigenvalue weighted by molar-refractivity contribution is 0.115. The second kappa shape index (κ2) is 3.61. The molecule has 1 saturated carbocycles. The highest BCUT2D eigenvalue weighted by Gasteiger charge is 2.36. The summed E-state index contributed by atoms with van der Waals surface area (Å²) in [4.78, 5) is 11.0. The van der Waals surface area contributed by atoms with Crippen LogP contribution >= 0.6 is 0 Å². The maximum Gasteiger partial charge on any atom is 0.407 e. The summed E-state index contributed by atoms with van der Waals surface area (Å²) in [6, 6.07) is 0.258. The largest absolute Gasteiger partial charge is 0.447 e. The molecular formula is C9H15NO2. The predicted molar refractivity (Wildman–Crippen MR) is 46.8 cm³/mol. The molecule has 1 rings (SSSR count). The van der Waals surface area contributed by atoms with Gasteiger partial charge in [-0.2, -0.15) is 0 Å². The Hall–Kier alpha value is -0.990. The molecule has 0 unspecified atom stereocenters. The molecule has 12 heavy (non-hydrogen) atoms. The van der Waals surface area contributed by atoms with Crippen LogP contribution in [0, 0.1) is 5.92 Å². The van der Waals surface area contributed by atoms with Crippen LogP contribution in [0.1, 0.15) is 20.3 Å². The van der Waals surface area contributed by atoms with E-state index in [1.54, 1.807) is 0 Å². The Morgan fingerprint density at radius 2 is 2.42 bits per heavy atom. The van der Waals surface area contributed by atoms with Gasteiger partial charge in [0.15, 0.2) is 0 Å². The van der Waals surface area contributed by atoms with Crippen LogP contribution in [0.4, 0.5) is 4.79 Å². The number of ether oxygens (including phenoxy) is 1. The Balaban J connectivity index is 2.16. The molecule has 1 fully saturated rings. The number of hydrogen-bond acceptors (Lipinski definition) is 2. The molecule has 0 aliphatic heterocycles. The van der Waals surface area contributed by atoms with Gasteiger partial charge in [-0.15, -0.1) is 6.58 Å². The quantitative estimate of drug-likeness (QED) is 0.653. The molecule has 0 spiro atoms. The van der Waals surface area contributed by atoms with Crippen molar-refractivity contribution in [2.75, 3.05) is 0 Å². The molecule has 0 saturated heterocycles. The summed E-state index contributed by atoms with van der Waals surface area (Å²) in [5.41, 5.74) is 0. The van der Waals surface area contributed by atoms with Gasteiger partial charge in [0.1, 0.15) is 0 Å². The Morgan fingerprint density at radius 1 is 1.75 bits per heavy atom. The fourth-order valence-corrected chi connectivity index (χ4v) is 1.04. The van der Waals surface area contributed by atoms with Crippen LogP contribution in [-0.2, 0) is 4.74 Å². The van der Waals surface area contributed by atoms with Crippen LogP contribution in [-0.4, -0.2) is 18.2 Å². The first-order chi connectivity index (χ1) is 5.63. The van der Waals surface area contributed by atoms with E-state index in [9.17, 15) is 4.79 Å². The molecule has 3 nitrogen and oxygen atoms in total. The minimum absolute atomic E-state index is 0.0501. The van der Waals surface area contributed by atoms with Gasteiger partial charge in [-0.1, -0.05) is 6.08 Å². The number of amides is 1. The zero-order chi connectivity index (χ0) is 9.14. The highest BCUT2D eigenvalue weighted by molar-refractivity contribution is 5.68. The van der Waals surface area contributed by atoms with Gasteiger partial charge in [-0.05, 0) is 26.2 Å². The van der Waals surface area contributed by atoms with Crippen LogP contribution in [0.2, 0.25) is 0 Å². The summed E-state index contributed by atoms with van der Waals surface area (Å²) >= 11 is 0. The lowest BCUT2D eigenvalue weighted by Gasteiger charge is -2.08. The molecular weight excluding hydrogens is 154 g/mol. The van der Waals surface area contributed by atoms with E-state index in [4.69, 9.17) is 4.74 Å². The first kappa shape index (κ1) is 9.10. The number of hydrogen-bond donors (Lipinski definition) is 1. The van der Waals surface area contributed by atoms with Gasteiger partial charge >= 0.3 is 6.09 Å². The third-order valence-electron chi connectivity index (χ3n) is 1.79. The fraction of sp³-hybridized carbons (Fsp3) is 0.667. The highest BCUT2D eigenvalue weighted by atomic mass is 16.6. The number of rotatable bonds is 3. The number of carbonyl (C=O) groups is 1. The smallest absolute Gasteiger partial charge is 0.407 e. The summed E-state index contributed by atoms with van der Waals surface area (Å²) in [7, 11) is 0. The van der Waals surface area contributed by atoms with E-state index in [2.05, 4.69) is 11.9 Å². The van der Waals surface area contributed by atoms with Crippen molar-refractivity contribution < 1.29 is 9.53 Å². The molecule has 0 aromatic heterocycles. The first-order valence-corrected chi connectivity index (χ1v) is 4.23. The molecule has 0 radical (unpaired) electrons. The van der Waals surface area contributed by atoms with Gasteiger partial charge in [0, 0.05) is 6.04 Å². The Kier molecular flexibility index (Phi) is 2.74. The molecule has 3 heteroatoms. The number of nitrogens with one attached hydrogen (secondary N) is 1. The molecule has 1 aliphatic rings. The molecule has 1 aliphatic carbocycles. The van der Waals surface area contributed by atoms with Gasteiger partial charge in [0.05, 0.1) is 6.10 Å².